The predicted octanol–water partition coefficient (Wildman–Crippen LogP) is 4.02. The number of aryl methyl sites for hydroxylation is 1. The van der Waals surface area contributed by atoms with Crippen LogP contribution in [-0.4, -0.2) is 34.2 Å². The van der Waals surface area contributed by atoms with E-state index in [4.69, 9.17) is 15.9 Å². The largest absolute Gasteiger partial charge is 0.490 e. The summed E-state index contributed by atoms with van der Waals surface area (Å²) in [6.07, 6.45) is 3.83. The molecule has 0 aromatic heterocycles. The number of amidine groups is 1. The topological polar surface area (TPSA) is 129 Å². The molecule has 32 heavy (non-hydrogen) atoms. The van der Waals surface area contributed by atoms with Crippen molar-refractivity contribution in [2.75, 3.05) is 5.32 Å². The first-order valence-electron chi connectivity index (χ1n) is 11.2. The van der Waals surface area contributed by atoms with Gasteiger partial charge in [0.05, 0.1) is 12.2 Å². The summed E-state index contributed by atoms with van der Waals surface area (Å²) in [6, 6.07) is 12.6. The number of nitrogen functional groups attached to an aromatic ring is 1. The number of carboxylic acid groups (broad SMARTS) is 1. The third kappa shape index (κ3) is 5.22. The lowest BCUT2D eigenvalue weighted by molar-refractivity contribution is -0.142. The lowest BCUT2D eigenvalue weighted by atomic mass is 9.85. The summed E-state index contributed by atoms with van der Waals surface area (Å²) >= 11 is 0. The summed E-state index contributed by atoms with van der Waals surface area (Å²) in [5, 5.41) is 30.8. The number of nitrogens with one attached hydrogen (secondary N) is 2. The third-order valence-electron chi connectivity index (χ3n) is 6.26. The molecule has 2 aromatic carbocycles. The van der Waals surface area contributed by atoms with Crippen molar-refractivity contribution in [1.29, 1.82) is 5.41 Å². The van der Waals surface area contributed by atoms with Crippen molar-refractivity contribution in [3.8, 4) is 5.75 Å². The van der Waals surface area contributed by atoms with E-state index in [9.17, 15) is 15.0 Å². The van der Waals surface area contributed by atoms with Crippen molar-refractivity contribution < 1.29 is 19.7 Å². The number of aliphatic hydroxyl groups excluding tert-OH is 1. The molecule has 172 valence electrons. The number of aliphatic carboxylic acids is 1. The number of rotatable bonds is 9. The van der Waals surface area contributed by atoms with Gasteiger partial charge in [0, 0.05) is 11.3 Å². The van der Waals surface area contributed by atoms with Gasteiger partial charge in [0.1, 0.15) is 11.6 Å². The molecule has 7 heteroatoms. The maximum absolute atomic E-state index is 12.6. The summed E-state index contributed by atoms with van der Waals surface area (Å²) in [4.78, 5) is 12.6. The Bertz CT molecular complexity index is 952. The van der Waals surface area contributed by atoms with E-state index in [0.717, 1.165) is 37.7 Å². The number of anilines is 1. The third-order valence-corrected chi connectivity index (χ3v) is 6.26. The predicted molar refractivity (Wildman–Crippen MR) is 125 cm³/mol. The Morgan fingerprint density at radius 3 is 2.34 bits per heavy atom. The van der Waals surface area contributed by atoms with Gasteiger partial charge in [0.25, 0.3) is 0 Å². The van der Waals surface area contributed by atoms with Gasteiger partial charge in [0.2, 0.25) is 0 Å². The van der Waals surface area contributed by atoms with E-state index in [2.05, 4.69) is 5.32 Å². The van der Waals surface area contributed by atoms with Crippen molar-refractivity contribution in [1.82, 2.24) is 0 Å². The molecule has 1 aliphatic rings. The van der Waals surface area contributed by atoms with Crippen LogP contribution in [0, 0.1) is 5.41 Å². The van der Waals surface area contributed by atoms with Gasteiger partial charge in [-0.25, -0.2) is 4.79 Å². The molecule has 1 aliphatic carbocycles. The number of benzene rings is 2. The second-order valence-corrected chi connectivity index (χ2v) is 8.45. The normalized spacial score (nSPS) is 20.2. The van der Waals surface area contributed by atoms with Gasteiger partial charge in [-0.15, -0.1) is 0 Å². The van der Waals surface area contributed by atoms with Crippen LogP contribution in [0.4, 0.5) is 5.69 Å². The molecule has 0 spiro atoms. The first kappa shape index (κ1) is 23.6. The zero-order chi connectivity index (χ0) is 23.3. The first-order chi connectivity index (χ1) is 15.3. The number of hydrogen-bond donors (Lipinski definition) is 5. The number of aliphatic hydroxyl groups is 1. The molecule has 1 saturated carbocycles. The highest BCUT2D eigenvalue weighted by atomic mass is 16.5. The van der Waals surface area contributed by atoms with E-state index in [1.54, 1.807) is 24.3 Å². The van der Waals surface area contributed by atoms with Crippen molar-refractivity contribution in [3.05, 3.63) is 59.2 Å². The molecule has 2 aromatic rings. The summed E-state index contributed by atoms with van der Waals surface area (Å²) in [6.45, 7) is 3.87. The molecule has 0 amide bonds. The highest BCUT2D eigenvalue weighted by Crippen LogP contribution is 2.35. The molecule has 3 rings (SSSR count). The van der Waals surface area contributed by atoms with Crippen LogP contribution in [0.5, 0.6) is 5.75 Å². The van der Waals surface area contributed by atoms with E-state index < -0.39 is 11.5 Å². The number of carboxylic acids is 1. The minimum Gasteiger partial charge on any atom is -0.490 e. The molecule has 1 unspecified atom stereocenters. The van der Waals surface area contributed by atoms with Crippen LogP contribution >= 0.6 is 0 Å². The maximum atomic E-state index is 12.6. The highest BCUT2D eigenvalue weighted by molar-refractivity contribution is 5.95. The van der Waals surface area contributed by atoms with Gasteiger partial charge in [-0.3, -0.25) is 5.41 Å². The lowest BCUT2D eigenvalue weighted by Crippen LogP contribution is -2.43. The van der Waals surface area contributed by atoms with Crippen molar-refractivity contribution in [3.63, 3.8) is 0 Å². The highest BCUT2D eigenvalue weighted by Gasteiger charge is 2.39. The molecule has 1 atom stereocenters. The summed E-state index contributed by atoms with van der Waals surface area (Å²) in [5.41, 5.74) is 7.03. The Morgan fingerprint density at radius 1 is 1.16 bits per heavy atom. The fourth-order valence-electron chi connectivity index (χ4n) is 4.21. The van der Waals surface area contributed by atoms with Gasteiger partial charge < -0.3 is 26.0 Å². The smallest absolute Gasteiger partial charge is 0.334 e. The molecule has 0 radical (unpaired) electrons. The number of hydrogen-bond acceptors (Lipinski definition) is 5. The molecular formula is C25H33N3O4. The molecule has 1 fully saturated rings. The van der Waals surface area contributed by atoms with Crippen LogP contribution < -0.4 is 15.8 Å². The van der Waals surface area contributed by atoms with Crippen LogP contribution in [-0.2, 0) is 16.8 Å². The molecule has 0 heterocycles. The van der Waals surface area contributed by atoms with Gasteiger partial charge >= 0.3 is 5.97 Å². The lowest BCUT2D eigenvalue weighted by Gasteiger charge is -2.32. The minimum atomic E-state index is -1.34. The Hall–Kier alpha value is -3.06. The van der Waals surface area contributed by atoms with E-state index in [1.165, 1.54) is 0 Å². The standard InChI is InChI=1S/C25H33N3O4/c1-3-16-13-18(15-22(14-16)32-21-11-9-20(29)10-12-21)25(4-2,24(30)31)28-19-7-5-17(6-8-19)23(26)27/h5-8,13-15,20-21,28-29H,3-4,9-12H2,1-2H3,(H3,26,27)(H,30,31). The Morgan fingerprint density at radius 2 is 1.81 bits per heavy atom. The van der Waals surface area contributed by atoms with Gasteiger partial charge in [-0.05, 0) is 86.1 Å². The van der Waals surface area contributed by atoms with E-state index in [0.29, 0.717) is 29.0 Å². The molecule has 6 N–H and O–H groups in total. The Kier molecular flexibility index (Phi) is 7.40. The molecule has 0 bridgehead atoms. The quantitative estimate of drug-likeness (QED) is 0.296. The van der Waals surface area contributed by atoms with E-state index in [1.807, 2.05) is 32.0 Å². The van der Waals surface area contributed by atoms with Crippen LogP contribution in [0.25, 0.3) is 0 Å². The minimum absolute atomic E-state index is 0.0197. The number of ether oxygens (including phenoxy) is 1. The number of carbonyl (C=O) groups is 1. The Labute approximate surface area is 189 Å². The van der Waals surface area contributed by atoms with E-state index in [-0.39, 0.29) is 18.0 Å². The van der Waals surface area contributed by atoms with Crippen LogP contribution in [0.3, 0.4) is 0 Å². The van der Waals surface area contributed by atoms with Gasteiger partial charge in [0.15, 0.2) is 5.54 Å². The molecule has 0 saturated heterocycles. The fraction of sp³-hybridized carbons (Fsp3) is 0.440. The van der Waals surface area contributed by atoms with Crippen LogP contribution in [0.2, 0.25) is 0 Å². The maximum Gasteiger partial charge on any atom is 0.334 e. The number of nitrogens with two attached hydrogens (primary N) is 1. The second kappa shape index (κ2) is 10.0. The van der Waals surface area contributed by atoms with Crippen LogP contribution in [0.15, 0.2) is 42.5 Å². The molecular weight excluding hydrogens is 406 g/mol. The van der Waals surface area contributed by atoms with E-state index >= 15 is 0 Å². The zero-order valence-electron chi connectivity index (χ0n) is 18.7. The summed E-state index contributed by atoms with van der Waals surface area (Å²) in [7, 11) is 0. The summed E-state index contributed by atoms with van der Waals surface area (Å²) in [5.74, 6) is -0.353. The fourth-order valence-corrected chi connectivity index (χ4v) is 4.21. The molecule has 7 nitrogen and oxygen atoms in total. The van der Waals surface area contributed by atoms with Gasteiger partial charge in [-0.2, -0.15) is 0 Å². The average Bonchev–Trinajstić information content (AvgIpc) is 2.78. The van der Waals surface area contributed by atoms with Crippen molar-refractivity contribution in [2.24, 2.45) is 5.73 Å². The zero-order valence-corrected chi connectivity index (χ0v) is 18.7. The Balaban J connectivity index is 1.95. The monoisotopic (exact) mass is 439 g/mol. The van der Waals surface area contributed by atoms with Crippen molar-refractivity contribution in [2.45, 2.75) is 70.1 Å². The SMILES string of the molecule is CCc1cc(OC2CCC(O)CC2)cc(C(CC)(Nc2ccc(C(=N)N)cc2)C(=O)O)c1. The van der Waals surface area contributed by atoms with Crippen molar-refractivity contribution >= 4 is 17.5 Å². The second-order valence-electron chi connectivity index (χ2n) is 8.45. The molecule has 0 aliphatic heterocycles. The first-order valence-corrected chi connectivity index (χ1v) is 11.2. The average molecular weight is 440 g/mol. The van der Waals surface area contributed by atoms with Crippen LogP contribution in [0.1, 0.15) is 62.6 Å². The summed E-state index contributed by atoms with van der Waals surface area (Å²) < 4.78 is 6.23. The van der Waals surface area contributed by atoms with Gasteiger partial charge in [-0.1, -0.05) is 19.9 Å².